The van der Waals surface area contributed by atoms with Crippen LogP contribution in [0.5, 0.6) is 0 Å². The maximum Gasteiger partial charge on any atom is 0.247 e. The van der Waals surface area contributed by atoms with Crippen LogP contribution >= 0.6 is 15.9 Å². The first-order chi connectivity index (χ1) is 11.9. The lowest BCUT2D eigenvalue weighted by molar-refractivity contribution is -0.124. The molecule has 4 rings (SSSR count). The monoisotopic (exact) mass is 399 g/mol. The highest BCUT2D eigenvalue weighted by atomic mass is 79.9. The maximum atomic E-state index is 13.4. The summed E-state index contributed by atoms with van der Waals surface area (Å²) >= 11 is 3.42. The minimum absolute atomic E-state index is 0.0183. The van der Waals surface area contributed by atoms with Crippen molar-refractivity contribution in [3.63, 3.8) is 0 Å². The largest absolute Gasteiger partial charge is 0.444 e. The third-order valence-corrected chi connectivity index (χ3v) is 5.55. The number of anilines is 1. The lowest BCUT2D eigenvalue weighted by Crippen LogP contribution is -2.48. The zero-order valence-corrected chi connectivity index (χ0v) is 15.0. The van der Waals surface area contributed by atoms with Gasteiger partial charge in [0, 0.05) is 35.6 Å². The Labute approximate surface area is 152 Å². The van der Waals surface area contributed by atoms with Gasteiger partial charge in [-0.3, -0.25) is 9.59 Å². The smallest absolute Gasteiger partial charge is 0.247 e. The van der Waals surface area contributed by atoms with E-state index in [1.807, 2.05) is 12.1 Å². The number of benzene rings is 1. The van der Waals surface area contributed by atoms with Crippen LogP contribution < -0.4 is 10.6 Å². The average molecular weight is 400 g/mol. The summed E-state index contributed by atoms with van der Waals surface area (Å²) in [4.78, 5) is 27.7. The van der Waals surface area contributed by atoms with Crippen molar-refractivity contribution in [2.45, 2.75) is 24.7 Å². The Kier molecular flexibility index (Phi) is 3.31. The van der Waals surface area contributed by atoms with Crippen molar-refractivity contribution in [2.24, 2.45) is 5.73 Å². The number of hydrogen-bond donors (Lipinski definition) is 1. The van der Waals surface area contributed by atoms with Crippen molar-refractivity contribution in [1.29, 1.82) is 5.26 Å². The molecule has 1 spiro atoms. The highest BCUT2D eigenvalue weighted by Crippen LogP contribution is 2.55. The Morgan fingerprint density at radius 2 is 2.12 bits per heavy atom. The molecule has 2 N–H and O–H groups in total. The summed E-state index contributed by atoms with van der Waals surface area (Å²) in [5.74, 6) is -0.227. The van der Waals surface area contributed by atoms with Crippen molar-refractivity contribution < 1.29 is 14.3 Å². The second-order valence-corrected chi connectivity index (χ2v) is 7.22. The van der Waals surface area contributed by atoms with Crippen LogP contribution in [0.25, 0.3) is 0 Å². The number of allylic oxidation sites excluding steroid dienone is 1. The van der Waals surface area contributed by atoms with Crippen molar-refractivity contribution in [2.75, 3.05) is 11.9 Å². The number of fused-ring (bicyclic) bond motifs is 3. The highest BCUT2D eigenvalue weighted by molar-refractivity contribution is 9.10. The molecule has 2 aliphatic heterocycles. The van der Waals surface area contributed by atoms with Crippen LogP contribution in [-0.2, 0) is 19.7 Å². The number of rotatable bonds is 0. The third kappa shape index (κ3) is 1.83. The molecule has 1 aromatic carbocycles. The van der Waals surface area contributed by atoms with Gasteiger partial charge >= 0.3 is 0 Å². The molecular weight excluding hydrogens is 386 g/mol. The number of carbonyl (C=O) groups excluding carboxylic acids is 2. The Hall–Kier alpha value is -2.59. The first kappa shape index (κ1) is 15.9. The molecule has 0 fully saturated rings. The summed E-state index contributed by atoms with van der Waals surface area (Å²) in [6.07, 6.45) is 1.48. The van der Waals surface area contributed by atoms with E-state index >= 15 is 0 Å². The molecule has 0 saturated carbocycles. The number of hydrogen-bond acceptors (Lipinski definition) is 5. The SMILES string of the molecule is CN1C(=O)[C@]2(C(C#N)=C(N)OC3=C2C(=O)CCC3)c2cc(Br)ccc21. The minimum atomic E-state index is -1.52. The van der Waals surface area contributed by atoms with E-state index < -0.39 is 5.41 Å². The zero-order chi connectivity index (χ0) is 17.9. The number of carbonyl (C=O) groups is 2. The number of amides is 1. The summed E-state index contributed by atoms with van der Waals surface area (Å²) in [5, 5.41) is 9.78. The molecule has 0 bridgehead atoms. The summed E-state index contributed by atoms with van der Waals surface area (Å²) in [5.41, 5.74) is 5.97. The number of likely N-dealkylation sites (N-methyl/N-ethyl adjacent to an activating group) is 1. The molecule has 0 radical (unpaired) electrons. The lowest BCUT2D eigenvalue weighted by atomic mass is 9.65. The van der Waals surface area contributed by atoms with Crippen LogP contribution in [0, 0.1) is 11.3 Å². The van der Waals surface area contributed by atoms with Gasteiger partial charge in [-0.15, -0.1) is 0 Å². The number of halogens is 1. The number of nitrogens with two attached hydrogens (primary N) is 1. The van der Waals surface area contributed by atoms with Crippen molar-refractivity contribution in [1.82, 2.24) is 0 Å². The van der Waals surface area contributed by atoms with Gasteiger partial charge in [0.1, 0.15) is 22.8 Å². The van der Waals surface area contributed by atoms with Gasteiger partial charge in [0.05, 0.1) is 5.57 Å². The summed E-state index contributed by atoms with van der Waals surface area (Å²) in [6, 6.07) is 7.42. The third-order valence-electron chi connectivity index (χ3n) is 5.06. The van der Waals surface area contributed by atoms with Crippen LogP contribution in [0.4, 0.5) is 5.69 Å². The van der Waals surface area contributed by atoms with Gasteiger partial charge in [0.2, 0.25) is 11.8 Å². The van der Waals surface area contributed by atoms with Crippen molar-refractivity contribution >= 4 is 33.3 Å². The fraction of sp³-hybridized carbons (Fsp3) is 0.278. The first-order valence-electron chi connectivity index (χ1n) is 7.86. The Bertz CT molecular complexity index is 957. The molecule has 2 heterocycles. The van der Waals surface area contributed by atoms with E-state index in [0.717, 1.165) is 4.47 Å². The molecule has 0 unspecified atom stereocenters. The predicted molar refractivity (Wildman–Crippen MR) is 93.0 cm³/mol. The van der Waals surface area contributed by atoms with E-state index in [1.165, 1.54) is 4.90 Å². The van der Waals surface area contributed by atoms with Crippen molar-refractivity contribution in [3.05, 3.63) is 51.0 Å². The van der Waals surface area contributed by atoms with E-state index in [4.69, 9.17) is 10.5 Å². The Morgan fingerprint density at radius 1 is 1.36 bits per heavy atom. The molecule has 1 aliphatic carbocycles. The number of nitriles is 1. The number of Topliss-reactive ketones (excluding diaryl/α,β-unsaturated/α-hetero) is 1. The van der Waals surface area contributed by atoms with E-state index in [9.17, 15) is 14.9 Å². The van der Waals surface area contributed by atoms with Gasteiger partial charge in [0.25, 0.3) is 0 Å². The summed E-state index contributed by atoms with van der Waals surface area (Å²) < 4.78 is 6.34. The molecular formula is C18H14BrN3O3. The van der Waals surface area contributed by atoms with Gasteiger partial charge < -0.3 is 15.4 Å². The molecule has 1 aromatic rings. The van der Waals surface area contributed by atoms with Gasteiger partial charge in [-0.1, -0.05) is 15.9 Å². The first-order valence-corrected chi connectivity index (χ1v) is 8.65. The highest BCUT2D eigenvalue weighted by Gasteiger charge is 2.61. The molecule has 3 aliphatic rings. The molecule has 0 aromatic heterocycles. The van der Waals surface area contributed by atoms with Gasteiger partial charge in [-0.2, -0.15) is 5.26 Å². The van der Waals surface area contributed by atoms with Crippen LogP contribution in [0.1, 0.15) is 24.8 Å². The fourth-order valence-corrected chi connectivity index (χ4v) is 4.39. The second-order valence-electron chi connectivity index (χ2n) is 6.30. The van der Waals surface area contributed by atoms with E-state index in [1.54, 1.807) is 19.2 Å². The maximum absolute atomic E-state index is 13.4. The number of ketones is 1. The molecule has 1 atom stereocenters. The molecule has 7 heteroatoms. The molecule has 6 nitrogen and oxygen atoms in total. The Morgan fingerprint density at radius 3 is 2.84 bits per heavy atom. The van der Waals surface area contributed by atoms with E-state index in [-0.39, 0.29) is 28.7 Å². The number of ether oxygens (including phenoxy) is 1. The minimum Gasteiger partial charge on any atom is -0.444 e. The predicted octanol–water partition coefficient (Wildman–Crippen LogP) is 2.39. The van der Waals surface area contributed by atoms with E-state index in [2.05, 4.69) is 15.9 Å². The number of nitrogens with zero attached hydrogens (tertiary/aromatic N) is 2. The summed E-state index contributed by atoms with van der Waals surface area (Å²) in [6.45, 7) is 0. The quantitative estimate of drug-likeness (QED) is 0.722. The molecule has 1 amide bonds. The van der Waals surface area contributed by atoms with Crippen molar-refractivity contribution in [3.8, 4) is 6.07 Å². The van der Waals surface area contributed by atoms with Crippen LogP contribution in [-0.4, -0.2) is 18.7 Å². The molecule has 25 heavy (non-hydrogen) atoms. The average Bonchev–Trinajstić information content (AvgIpc) is 2.78. The standard InChI is InChI=1S/C18H14BrN3O3/c1-22-12-6-5-9(19)7-10(12)18(17(22)24)11(8-20)16(21)25-14-4-2-3-13(23)15(14)18/h5-7H,2-4,21H2,1H3/t18-/m0/s1. The summed E-state index contributed by atoms with van der Waals surface area (Å²) in [7, 11) is 1.64. The lowest BCUT2D eigenvalue weighted by Gasteiger charge is -2.37. The Balaban J connectivity index is 2.16. The van der Waals surface area contributed by atoms with Crippen LogP contribution in [0.3, 0.4) is 0 Å². The van der Waals surface area contributed by atoms with Crippen LogP contribution in [0.2, 0.25) is 0 Å². The zero-order valence-electron chi connectivity index (χ0n) is 13.4. The van der Waals surface area contributed by atoms with Crippen LogP contribution in [0.15, 0.2) is 45.5 Å². The second kappa shape index (κ2) is 5.20. The van der Waals surface area contributed by atoms with Gasteiger partial charge in [-0.05, 0) is 24.6 Å². The van der Waals surface area contributed by atoms with Gasteiger partial charge in [0.15, 0.2) is 5.78 Å². The topological polar surface area (TPSA) is 96.4 Å². The molecule has 0 saturated heterocycles. The fourth-order valence-electron chi connectivity index (χ4n) is 4.03. The van der Waals surface area contributed by atoms with E-state index in [0.29, 0.717) is 36.3 Å². The normalized spacial score (nSPS) is 25.1. The van der Waals surface area contributed by atoms with Gasteiger partial charge in [-0.25, -0.2) is 0 Å². The molecule has 126 valence electrons.